The Hall–Kier alpha value is -5.14. The van der Waals surface area contributed by atoms with Crippen LogP contribution in [-0.2, 0) is 17.8 Å². The minimum Gasteiger partial charge on any atom is -0.497 e. The van der Waals surface area contributed by atoms with Gasteiger partial charge in [-0.1, -0.05) is 29.8 Å². The first-order valence-corrected chi connectivity index (χ1v) is 14.3. The average Bonchev–Trinajstić information content (AvgIpc) is 3.59. The SMILES string of the molecule is COc1ccc(CN2Cc3cc(C)c(NC(=O)c4cc(OC)nn4-c4ncccc4Cl)c(C(=O)OC(C)C)c3N2C(N)=O)cc1. The lowest BCUT2D eigenvalue weighted by atomic mass is 10.00. The van der Waals surface area contributed by atoms with E-state index >= 15 is 0 Å². The van der Waals surface area contributed by atoms with E-state index in [1.165, 1.54) is 29.1 Å². The molecule has 0 atom stereocenters. The number of nitrogens with two attached hydrogens (primary N) is 1. The normalized spacial score (nSPS) is 12.6. The van der Waals surface area contributed by atoms with E-state index in [0.717, 1.165) is 5.56 Å². The molecule has 1 aliphatic rings. The highest BCUT2D eigenvalue weighted by atomic mass is 35.5. The molecule has 3 heterocycles. The number of pyridine rings is 1. The number of aryl methyl sites for hydroxylation is 1. The highest BCUT2D eigenvalue weighted by Crippen LogP contribution is 2.42. The average molecular weight is 634 g/mol. The summed E-state index contributed by atoms with van der Waals surface area (Å²) in [6.45, 7) is 5.72. The van der Waals surface area contributed by atoms with Crippen LogP contribution in [0.15, 0.2) is 54.7 Å². The Morgan fingerprint density at radius 1 is 1.09 bits per heavy atom. The third-order valence-corrected chi connectivity index (χ3v) is 7.31. The van der Waals surface area contributed by atoms with Gasteiger partial charge in [-0.2, -0.15) is 0 Å². The zero-order valence-corrected chi connectivity index (χ0v) is 26.1. The number of urea groups is 1. The minimum absolute atomic E-state index is 0.0167. The molecule has 0 spiro atoms. The predicted octanol–water partition coefficient (Wildman–Crippen LogP) is 4.88. The minimum atomic E-state index is -0.811. The number of rotatable bonds is 9. The molecular weight excluding hydrogens is 602 g/mol. The van der Waals surface area contributed by atoms with Crippen molar-refractivity contribution in [1.82, 2.24) is 19.8 Å². The van der Waals surface area contributed by atoms with Crippen LogP contribution < -0.4 is 25.5 Å². The first kappa shape index (κ1) is 31.3. The van der Waals surface area contributed by atoms with Crippen molar-refractivity contribution in [3.63, 3.8) is 0 Å². The summed E-state index contributed by atoms with van der Waals surface area (Å²) < 4.78 is 17.4. The van der Waals surface area contributed by atoms with Crippen LogP contribution in [0.5, 0.6) is 11.6 Å². The number of carbonyl (C=O) groups is 3. The second-order valence-corrected chi connectivity index (χ2v) is 10.9. The van der Waals surface area contributed by atoms with Crippen molar-refractivity contribution < 1.29 is 28.6 Å². The summed E-state index contributed by atoms with van der Waals surface area (Å²) in [7, 11) is 2.99. The Bertz CT molecular complexity index is 1770. The van der Waals surface area contributed by atoms with Crippen LogP contribution in [0.4, 0.5) is 16.2 Å². The number of fused-ring (bicyclic) bond motifs is 1. The van der Waals surface area contributed by atoms with E-state index in [4.69, 9.17) is 31.5 Å². The number of ether oxygens (including phenoxy) is 3. The summed E-state index contributed by atoms with van der Waals surface area (Å²) in [5, 5.41) is 10.4. The van der Waals surface area contributed by atoms with Gasteiger partial charge in [0.25, 0.3) is 5.91 Å². The molecule has 13 nitrogen and oxygen atoms in total. The molecule has 0 fully saturated rings. The van der Waals surface area contributed by atoms with Crippen LogP contribution >= 0.6 is 11.6 Å². The van der Waals surface area contributed by atoms with Crippen molar-refractivity contribution >= 4 is 40.9 Å². The zero-order chi connectivity index (χ0) is 32.4. The van der Waals surface area contributed by atoms with E-state index in [9.17, 15) is 14.4 Å². The van der Waals surface area contributed by atoms with Crippen LogP contribution in [0.25, 0.3) is 5.82 Å². The predicted molar refractivity (Wildman–Crippen MR) is 167 cm³/mol. The zero-order valence-electron chi connectivity index (χ0n) is 25.3. The van der Waals surface area contributed by atoms with Gasteiger partial charge in [0.2, 0.25) is 5.88 Å². The fourth-order valence-corrected chi connectivity index (χ4v) is 5.29. The van der Waals surface area contributed by atoms with E-state index in [1.54, 1.807) is 51.1 Å². The number of hydrazine groups is 1. The lowest BCUT2D eigenvalue weighted by Crippen LogP contribution is -2.45. The lowest BCUT2D eigenvalue weighted by Gasteiger charge is -2.28. The molecular formula is C31H32ClN7O6. The monoisotopic (exact) mass is 633 g/mol. The molecule has 45 heavy (non-hydrogen) atoms. The van der Waals surface area contributed by atoms with Crippen molar-refractivity contribution in [1.29, 1.82) is 0 Å². The molecule has 0 radical (unpaired) electrons. The molecule has 5 rings (SSSR count). The number of aromatic nitrogens is 3. The molecule has 14 heteroatoms. The second kappa shape index (κ2) is 12.8. The largest absolute Gasteiger partial charge is 0.497 e. The van der Waals surface area contributed by atoms with Gasteiger partial charge in [-0.15, -0.1) is 5.10 Å². The van der Waals surface area contributed by atoms with Gasteiger partial charge in [-0.25, -0.2) is 29.3 Å². The van der Waals surface area contributed by atoms with Crippen molar-refractivity contribution in [3.8, 4) is 17.4 Å². The van der Waals surface area contributed by atoms with E-state index in [2.05, 4.69) is 15.4 Å². The first-order valence-electron chi connectivity index (χ1n) is 13.9. The Kier molecular flexibility index (Phi) is 8.93. The smallest absolute Gasteiger partial charge is 0.342 e. The Morgan fingerprint density at radius 3 is 2.44 bits per heavy atom. The van der Waals surface area contributed by atoms with Gasteiger partial charge >= 0.3 is 12.0 Å². The van der Waals surface area contributed by atoms with Crippen molar-refractivity contribution in [2.75, 3.05) is 24.5 Å². The number of nitrogens with one attached hydrogen (secondary N) is 1. The molecule has 0 saturated carbocycles. The van der Waals surface area contributed by atoms with E-state index < -0.39 is 24.0 Å². The van der Waals surface area contributed by atoms with Crippen LogP contribution in [0.2, 0.25) is 5.02 Å². The molecule has 4 aromatic rings. The number of primary amides is 1. The summed E-state index contributed by atoms with van der Waals surface area (Å²) in [5.74, 6) is -0.355. The molecule has 234 valence electrons. The fraction of sp³-hybridized carbons (Fsp3) is 0.258. The number of anilines is 2. The Balaban J connectivity index is 1.59. The topological polar surface area (TPSA) is 154 Å². The number of hydrogen-bond acceptors (Lipinski definition) is 9. The molecule has 2 aromatic heterocycles. The standard InChI is InChI=1S/C31H32ClN7O6/c1-17(2)45-30(41)25-26(35-29(40)23-14-24(44-5)36-38(23)28-22(32)7-6-12-34-28)18(3)13-20-16-37(39(27(20)25)31(33)42)15-19-8-10-21(43-4)11-9-19/h6-14,17H,15-16H2,1-5H3,(H2,33,42)(H,35,40). The van der Waals surface area contributed by atoms with Gasteiger partial charge in [0.1, 0.15) is 17.0 Å². The van der Waals surface area contributed by atoms with Crippen molar-refractivity contribution in [2.24, 2.45) is 5.73 Å². The fourth-order valence-electron chi connectivity index (χ4n) is 5.09. The van der Waals surface area contributed by atoms with E-state index in [0.29, 0.717) is 23.4 Å². The highest BCUT2D eigenvalue weighted by Gasteiger charge is 2.38. The number of halogens is 1. The number of hydrogen-bond donors (Lipinski definition) is 2. The maximum absolute atomic E-state index is 13.9. The Labute approximate surface area is 264 Å². The molecule has 0 unspecified atom stereocenters. The summed E-state index contributed by atoms with van der Waals surface area (Å²) in [5.41, 5.74) is 8.38. The summed E-state index contributed by atoms with van der Waals surface area (Å²) in [6, 6.07) is 13.0. The van der Waals surface area contributed by atoms with E-state index in [-0.39, 0.29) is 45.9 Å². The number of amides is 3. The highest BCUT2D eigenvalue weighted by molar-refractivity contribution is 6.32. The van der Waals surface area contributed by atoms with E-state index in [1.807, 2.05) is 24.3 Å². The molecule has 3 amide bonds. The maximum atomic E-state index is 13.9. The third-order valence-electron chi connectivity index (χ3n) is 7.01. The molecule has 0 bridgehead atoms. The maximum Gasteiger partial charge on any atom is 0.342 e. The quantitative estimate of drug-likeness (QED) is 0.245. The van der Waals surface area contributed by atoms with Crippen molar-refractivity contribution in [3.05, 3.63) is 87.7 Å². The lowest BCUT2D eigenvalue weighted by molar-refractivity contribution is 0.0379. The first-order chi connectivity index (χ1) is 21.5. The van der Waals surface area contributed by atoms with Crippen molar-refractivity contribution in [2.45, 2.75) is 40.0 Å². The third kappa shape index (κ3) is 6.26. The van der Waals surface area contributed by atoms with Gasteiger partial charge in [-0.3, -0.25) is 4.79 Å². The van der Waals surface area contributed by atoms with Crippen LogP contribution in [0, 0.1) is 6.92 Å². The summed E-state index contributed by atoms with van der Waals surface area (Å²) >= 11 is 6.37. The number of esters is 1. The number of nitrogens with zero attached hydrogens (tertiary/aromatic N) is 5. The molecule has 1 aliphatic heterocycles. The van der Waals surface area contributed by atoms with Crippen LogP contribution in [0.1, 0.15) is 51.4 Å². The number of methoxy groups -OCH3 is 2. The molecule has 2 aromatic carbocycles. The second-order valence-electron chi connectivity index (χ2n) is 10.5. The molecule has 0 aliphatic carbocycles. The summed E-state index contributed by atoms with van der Waals surface area (Å²) in [6.07, 6.45) is 1.02. The van der Waals surface area contributed by atoms with Crippen LogP contribution in [-0.4, -0.2) is 58.0 Å². The molecule has 3 N–H and O–H groups in total. The number of benzene rings is 2. The van der Waals surface area contributed by atoms with Gasteiger partial charge in [0.15, 0.2) is 5.82 Å². The van der Waals surface area contributed by atoms with Gasteiger partial charge < -0.3 is 25.3 Å². The number of carbonyl (C=O) groups excluding carboxylic acids is 3. The van der Waals surface area contributed by atoms with Gasteiger partial charge in [0.05, 0.1) is 36.7 Å². The van der Waals surface area contributed by atoms with Gasteiger partial charge in [-0.05, 0) is 61.7 Å². The van der Waals surface area contributed by atoms with Crippen LogP contribution in [0.3, 0.4) is 0 Å². The Morgan fingerprint density at radius 2 is 1.82 bits per heavy atom. The summed E-state index contributed by atoms with van der Waals surface area (Å²) in [4.78, 5) is 44.9. The van der Waals surface area contributed by atoms with Gasteiger partial charge in [0, 0.05) is 25.4 Å². The molecule has 0 saturated heterocycles.